The van der Waals surface area contributed by atoms with Crippen molar-refractivity contribution in [3.63, 3.8) is 0 Å². The highest BCUT2D eigenvalue weighted by molar-refractivity contribution is 5.71. The molecule has 0 aromatic rings. The number of allylic oxidation sites excluding steroid dienone is 22. The minimum atomic E-state index is -0.808. The van der Waals surface area contributed by atoms with Crippen molar-refractivity contribution in [1.82, 2.24) is 0 Å². The van der Waals surface area contributed by atoms with E-state index in [1.165, 1.54) is 57.8 Å². The maximum atomic E-state index is 12.9. The number of rotatable bonds is 52. The number of carbonyl (C=O) groups is 3. The molecule has 0 heterocycles. The highest BCUT2D eigenvalue weighted by Crippen LogP contribution is 2.14. The summed E-state index contributed by atoms with van der Waals surface area (Å²) in [6.07, 6.45) is 84.4. The van der Waals surface area contributed by atoms with Crippen LogP contribution < -0.4 is 0 Å². The minimum Gasteiger partial charge on any atom is -0.462 e. The van der Waals surface area contributed by atoms with Crippen LogP contribution in [0.3, 0.4) is 0 Å². The second kappa shape index (κ2) is 60.1. The quantitative estimate of drug-likeness (QED) is 0.0261. The molecule has 0 saturated heterocycles. The highest BCUT2D eigenvalue weighted by Gasteiger charge is 2.19. The molecule has 0 aliphatic carbocycles. The summed E-state index contributed by atoms with van der Waals surface area (Å²) in [6, 6.07) is 0. The molecule has 1 atom stereocenters. The molecule has 0 fully saturated rings. The Morgan fingerprint density at radius 3 is 0.904 bits per heavy atom. The van der Waals surface area contributed by atoms with Crippen molar-refractivity contribution >= 4 is 17.9 Å². The molecule has 6 nitrogen and oxygen atoms in total. The van der Waals surface area contributed by atoms with Crippen molar-refractivity contribution in [3.8, 4) is 0 Å². The molecule has 0 N–H and O–H groups in total. The van der Waals surface area contributed by atoms with E-state index in [9.17, 15) is 14.4 Å². The molecular formula is C67H108O6. The third kappa shape index (κ3) is 58.3. The second-order valence-corrected chi connectivity index (χ2v) is 19.2. The molecule has 0 aliphatic rings. The normalized spacial score (nSPS) is 13.1. The van der Waals surface area contributed by atoms with Crippen molar-refractivity contribution < 1.29 is 28.6 Å². The summed E-state index contributed by atoms with van der Waals surface area (Å²) in [5.41, 5.74) is 0. The fourth-order valence-electron chi connectivity index (χ4n) is 7.67. The van der Waals surface area contributed by atoms with Gasteiger partial charge in [0.05, 0.1) is 0 Å². The SMILES string of the molecule is CC/C=C\C/C=C\C/C=C\C/C=C\C/C=C\C/C=C\C/C=C\CCCCCC(=O)OCC(COC(=O)CCCCCCC/C=C\C/C=C\CCC)OC(=O)CCCCCCCCC/C=C\C/C=C\CCCCC. The third-order valence-corrected chi connectivity index (χ3v) is 12.1. The van der Waals surface area contributed by atoms with E-state index in [0.29, 0.717) is 19.3 Å². The minimum absolute atomic E-state index is 0.104. The van der Waals surface area contributed by atoms with E-state index in [4.69, 9.17) is 14.2 Å². The molecule has 0 radical (unpaired) electrons. The molecule has 0 amide bonds. The van der Waals surface area contributed by atoms with Gasteiger partial charge in [-0.15, -0.1) is 0 Å². The summed E-state index contributed by atoms with van der Waals surface area (Å²) in [6.45, 7) is 6.38. The summed E-state index contributed by atoms with van der Waals surface area (Å²) in [5, 5.41) is 0. The smallest absolute Gasteiger partial charge is 0.306 e. The molecule has 0 rings (SSSR count). The van der Waals surface area contributed by atoms with E-state index in [-0.39, 0.29) is 31.1 Å². The van der Waals surface area contributed by atoms with Crippen LogP contribution >= 0.6 is 0 Å². The van der Waals surface area contributed by atoms with Crippen molar-refractivity contribution in [1.29, 1.82) is 0 Å². The van der Waals surface area contributed by atoms with Crippen molar-refractivity contribution in [2.45, 2.75) is 258 Å². The number of hydrogen-bond donors (Lipinski definition) is 0. The molecule has 1 unspecified atom stereocenters. The van der Waals surface area contributed by atoms with E-state index in [1.54, 1.807) is 0 Å². The van der Waals surface area contributed by atoms with Gasteiger partial charge in [-0.2, -0.15) is 0 Å². The fourth-order valence-corrected chi connectivity index (χ4v) is 7.67. The van der Waals surface area contributed by atoms with Gasteiger partial charge >= 0.3 is 17.9 Å². The van der Waals surface area contributed by atoms with Crippen molar-refractivity contribution in [2.24, 2.45) is 0 Å². The van der Waals surface area contributed by atoms with Crippen molar-refractivity contribution in [2.75, 3.05) is 13.2 Å². The zero-order valence-electron chi connectivity index (χ0n) is 47.1. The molecule has 0 bridgehead atoms. The molecule has 0 aromatic heterocycles. The van der Waals surface area contributed by atoms with Crippen LogP contribution in [-0.2, 0) is 28.6 Å². The van der Waals surface area contributed by atoms with Crippen LogP contribution in [0.25, 0.3) is 0 Å². The zero-order chi connectivity index (χ0) is 52.9. The Labute approximate surface area is 449 Å². The molecule has 0 saturated carbocycles. The lowest BCUT2D eigenvalue weighted by atomic mass is 10.1. The van der Waals surface area contributed by atoms with E-state index in [0.717, 1.165) is 154 Å². The molecule has 73 heavy (non-hydrogen) atoms. The van der Waals surface area contributed by atoms with Crippen LogP contribution in [0.4, 0.5) is 0 Å². The lowest BCUT2D eigenvalue weighted by molar-refractivity contribution is -0.167. The first-order chi connectivity index (χ1) is 36.0. The van der Waals surface area contributed by atoms with Crippen LogP contribution in [0.15, 0.2) is 134 Å². The van der Waals surface area contributed by atoms with Gasteiger partial charge in [0.25, 0.3) is 0 Å². The predicted octanol–water partition coefficient (Wildman–Crippen LogP) is 20.2. The van der Waals surface area contributed by atoms with Gasteiger partial charge in [-0.05, 0) is 135 Å². The Bertz CT molecular complexity index is 1580. The van der Waals surface area contributed by atoms with Gasteiger partial charge in [-0.1, -0.05) is 231 Å². The first-order valence-electron chi connectivity index (χ1n) is 29.7. The average Bonchev–Trinajstić information content (AvgIpc) is 3.39. The Balaban J connectivity index is 4.46. The van der Waals surface area contributed by atoms with Gasteiger partial charge in [-0.3, -0.25) is 14.4 Å². The van der Waals surface area contributed by atoms with Gasteiger partial charge in [0, 0.05) is 19.3 Å². The van der Waals surface area contributed by atoms with Crippen LogP contribution in [0.2, 0.25) is 0 Å². The highest BCUT2D eigenvalue weighted by atomic mass is 16.6. The number of hydrogen-bond acceptors (Lipinski definition) is 6. The molecule has 0 aliphatic heterocycles. The number of esters is 3. The summed E-state index contributed by atoms with van der Waals surface area (Å²) >= 11 is 0. The fraction of sp³-hybridized carbons (Fsp3) is 0.627. The van der Waals surface area contributed by atoms with Crippen LogP contribution in [-0.4, -0.2) is 37.2 Å². The number of carbonyl (C=O) groups excluding carboxylic acids is 3. The van der Waals surface area contributed by atoms with Crippen molar-refractivity contribution in [3.05, 3.63) is 134 Å². The van der Waals surface area contributed by atoms with Gasteiger partial charge < -0.3 is 14.2 Å². The van der Waals surface area contributed by atoms with Crippen LogP contribution in [0.1, 0.15) is 252 Å². The predicted molar refractivity (Wildman–Crippen MR) is 316 cm³/mol. The van der Waals surface area contributed by atoms with Gasteiger partial charge in [0.2, 0.25) is 0 Å². The first kappa shape index (κ1) is 68.6. The maximum absolute atomic E-state index is 12.9. The third-order valence-electron chi connectivity index (χ3n) is 12.1. The van der Waals surface area contributed by atoms with E-state index in [1.807, 2.05) is 0 Å². The largest absolute Gasteiger partial charge is 0.462 e. The second-order valence-electron chi connectivity index (χ2n) is 19.2. The monoisotopic (exact) mass is 1010 g/mol. The topological polar surface area (TPSA) is 78.9 Å². The lowest BCUT2D eigenvalue weighted by Crippen LogP contribution is -2.30. The zero-order valence-corrected chi connectivity index (χ0v) is 47.1. The molecule has 6 heteroatoms. The summed E-state index contributed by atoms with van der Waals surface area (Å²) < 4.78 is 16.8. The summed E-state index contributed by atoms with van der Waals surface area (Å²) in [7, 11) is 0. The molecule has 412 valence electrons. The van der Waals surface area contributed by atoms with E-state index >= 15 is 0 Å². The molecule has 0 aromatic carbocycles. The summed E-state index contributed by atoms with van der Waals surface area (Å²) in [5.74, 6) is -0.961. The first-order valence-corrected chi connectivity index (χ1v) is 29.7. The number of unbranched alkanes of at least 4 members (excludes halogenated alkanes) is 19. The number of ether oxygens (including phenoxy) is 3. The van der Waals surface area contributed by atoms with Crippen LogP contribution in [0.5, 0.6) is 0 Å². The van der Waals surface area contributed by atoms with Gasteiger partial charge in [0.15, 0.2) is 6.10 Å². The lowest BCUT2D eigenvalue weighted by Gasteiger charge is -2.18. The summed E-state index contributed by atoms with van der Waals surface area (Å²) in [4.78, 5) is 38.2. The molecule has 0 spiro atoms. The van der Waals surface area contributed by atoms with E-state index in [2.05, 4.69) is 154 Å². The average molecular weight is 1010 g/mol. The Morgan fingerprint density at radius 1 is 0.288 bits per heavy atom. The standard InChI is InChI=1S/C67H108O6/c1-4-7-10-13-16-19-22-25-27-29-30-31-32-33-34-35-36-38-39-42-45-48-51-54-57-60-66(69)72-63-64(62-71-65(68)59-56-53-50-47-44-41-24-21-18-15-12-9-6-3)73-67(70)61-58-55-52-49-46-43-40-37-28-26-23-20-17-14-11-8-5-2/h7,10,12,15-17,19-21,24-28,30-31,33-34,36,38,42,45,64H,4-6,8-9,11,13-14,18,22-23,29,32,35,37,39-41,43-44,46-63H2,1-3H3/b10-7-,15-12-,19-16-,20-17-,24-21-,27-25-,28-26-,31-30-,34-33-,38-36-,45-42-. The maximum Gasteiger partial charge on any atom is 0.306 e. The Hall–Kier alpha value is -4.45. The Morgan fingerprint density at radius 2 is 0.562 bits per heavy atom. The van der Waals surface area contributed by atoms with Gasteiger partial charge in [0.1, 0.15) is 13.2 Å². The molecular weight excluding hydrogens is 901 g/mol. The van der Waals surface area contributed by atoms with Gasteiger partial charge in [-0.25, -0.2) is 0 Å². The van der Waals surface area contributed by atoms with E-state index < -0.39 is 6.10 Å². The Kier molecular flexibility index (Phi) is 56.4. The van der Waals surface area contributed by atoms with Crippen LogP contribution in [0, 0.1) is 0 Å².